The Labute approximate surface area is 139 Å². The van der Waals surface area contributed by atoms with E-state index in [1.165, 1.54) is 16.8 Å². The molecule has 3 nitrogen and oxygen atoms in total. The van der Waals surface area contributed by atoms with Gasteiger partial charge in [-0.15, -0.1) is 0 Å². The predicted molar refractivity (Wildman–Crippen MR) is 95.9 cm³/mol. The van der Waals surface area contributed by atoms with Crippen LogP contribution in [0, 0.1) is 0 Å². The molecule has 1 aliphatic rings. The number of likely N-dealkylation sites (N-methyl/N-ethyl adjacent to an activating group) is 1. The number of hydrogen-bond acceptors (Lipinski definition) is 3. The van der Waals surface area contributed by atoms with Crippen molar-refractivity contribution in [2.24, 2.45) is 0 Å². The molecule has 122 valence electrons. The van der Waals surface area contributed by atoms with Crippen LogP contribution in [0.1, 0.15) is 36.4 Å². The smallest absolute Gasteiger partial charge is 0.0909 e. The molecule has 0 saturated carbocycles. The third-order valence-electron chi connectivity index (χ3n) is 4.85. The van der Waals surface area contributed by atoms with E-state index < -0.39 is 6.10 Å². The lowest BCUT2D eigenvalue weighted by molar-refractivity contribution is 0.140. The molecule has 0 saturated heterocycles. The zero-order chi connectivity index (χ0) is 16.2. The van der Waals surface area contributed by atoms with Crippen molar-refractivity contribution in [1.82, 2.24) is 5.32 Å². The first-order valence-corrected chi connectivity index (χ1v) is 8.49. The first-order chi connectivity index (χ1) is 11.3. The van der Waals surface area contributed by atoms with E-state index in [9.17, 15) is 5.11 Å². The van der Waals surface area contributed by atoms with Gasteiger partial charge in [-0.3, -0.25) is 0 Å². The summed E-state index contributed by atoms with van der Waals surface area (Å²) in [4.78, 5) is 2.39. The molecule has 2 aromatic carbocycles. The van der Waals surface area contributed by atoms with E-state index in [1.807, 2.05) is 25.2 Å². The summed E-state index contributed by atoms with van der Waals surface area (Å²) < 4.78 is 0. The summed E-state index contributed by atoms with van der Waals surface area (Å²) in [6, 6.07) is 19.0. The van der Waals surface area contributed by atoms with Crippen LogP contribution in [0.5, 0.6) is 0 Å². The number of para-hydroxylation sites is 1. The number of rotatable bonds is 6. The fraction of sp³-hybridized carbons (Fsp3) is 0.400. The molecular formula is C20H26N2O. The summed E-state index contributed by atoms with van der Waals surface area (Å²) in [6.45, 7) is 3.79. The molecule has 1 aliphatic heterocycles. The van der Waals surface area contributed by atoms with Crippen molar-refractivity contribution in [1.29, 1.82) is 0 Å². The van der Waals surface area contributed by atoms with Crippen LogP contribution in [0.2, 0.25) is 0 Å². The maximum atomic E-state index is 10.8. The second-order valence-corrected chi connectivity index (χ2v) is 6.30. The third-order valence-corrected chi connectivity index (χ3v) is 4.85. The lowest BCUT2D eigenvalue weighted by Crippen LogP contribution is -2.40. The van der Waals surface area contributed by atoms with Gasteiger partial charge in [0.25, 0.3) is 0 Å². The Morgan fingerprint density at radius 1 is 1.13 bits per heavy atom. The summed E-state index contributed by atoms with van der Waals surface area (Å²) in [5, 5.41) is 13.9. The van der Waals surface area contributed by atoms with Crippen LogP contribution in [0.15, 0.2) is 54.6 Å². The highest BCUT2D eigenvalue weighted by Crippen LogP contribution is 2.43. The standard InChI is InChI=1S/C20H26N2O/c1-3-15-14-22(18-12-8-7-11-17(15)18)20(19(23)13-21-2)16-9-5-4-6-10-16/h4-12,15,19-21,23H,3,13-14H2,1-2H3/t15?,19-,20+/m1/s1. The minimum absolute atomic E-state index is 0.0265. The number of hydrogen-bond donors (Lipinski definition) is 2. The lowest BCUT2D eigenvalue weighted by Gasteiger charge is -2.34. The van der Waals surface area contributed by atoms with Crippen molar-refractivity contribution in [2.45, 2.75) is 31.4 Å². The van der Waals surface area contributed by atoms with Crippen molar-refractivity contribution in [3.05, 3.63) is 65.7 Å². The Kier molecular flexibility index (Phi) is 4.99. The van der Waals surface area contributed by atoms with Crippen LogP contribution < -0.4 is 10.2 Å². The maximum absolute atomic E-state index is 10.8. The Morgan fingerprint density at radius 2 is 1.83 bits per heavy atom. The average molecular weight is 310 g/mol. The molecule has 0 aromatic heterocycles. The predicted octanol–water partition coefficient (Wildman–Crippen LogP) is 3.32. The van der Waals surface area contributed by atoms with Gasteiger partial charge in [0.05, 0.1) is 12.1 Å². The van der Waals surface area contributed by atoms with Crippen molar-refractivity contribution < 1.29 is 5.11 Å². The van der Waals surface area contributed by atoms with Gasteiger partial charge in [-0.05, 0) is 30.7 Å². The molecule has 3 atom stereocenters. The van der Waals surface area contributed by atoms with Crippen molar-refractivity contribution in [2.75, 3.05) is 25.0 Å². The first-order valence-electron chi connectivity index (χ1n) is 8.49. The summed E-state index contributed by atoms with van der Waals surface area (Å²) in [5.41, 5.74) is 3.85. The molecule has 0 aliphatic carbocycles. The van der Waals surface area contributed by atoms with Gasteiger partial charge in [0.2, 0.25) is 0 Å². The highest BCUT2D eigenvalue weighted by Gasteiger charge is 2.35. The molecule has 23 heavy (non-hydrogen) atoms. The Morgan fingerprint density at radius 3 is 2.52 bits per heavy atom. The number of fused-ring (bicyclic) bond motifs is 1. The van der Waals surface area contributed by atoms with Crippen LogP contribution in [0.3, 0.4) is 0 Å². The number of benzene rings is 2. The summed E-state index contributed by atoms with van der Waals surface area (Å²) in [5.74, 6) is 0.541. The average Bonchev–Trinajstić information content (AvgIpc) is 2.95. The van der Waals surface area contributed by atoms with E-state index in [0.29, 0.717) is 12.5 Å². The van der Waals surface area contributed by atoms with Gasteiger partial charge >= 0.3 is 0 Å². The van der Waals surface area contributed by atoms with Gasteiger partial charge < -0.3 is 15.3 Å². The lowest BCUT2D eigenvalue weighted by atomic mass is 9.99. The van der Waals surface area contributed by atoms with Crippen LogP contribution in [-0.2, 0) is 0 Å². The summed E-state index contributed by atoms with van der Waals surface area (Å²) in [7, 11) is 1.89. The number of nitrogens with zero attached hydrogens (tertiary/aromatic N) is 1. The highest BCUT2D eigenvalue weighted by molar-refractivity contribution is 5.62. The molecule has 3 rings (SSSR count). The van der Waals surface area contributed by atoms with Crippen LogP contribution in [0.4, 0.5) is 5.69 Å². The summed E-state index contributed by atoms with van der Waals surface area (Å²) in [6.07, 6.45) is 0.669. The number of nitrogens with one attached hydrogen (secondary N) is 1. The molecule has 1 heterocycles. The largest absolute Gasteiger partial charge is 0.389 e. The molecule has 2 aromatic rings. The normalized spacial score (nSPS) is 19.4. The van der Waals surface area contributed by atoms with E-state index >= 15 is 0 Å². The Balaban J connectivity index is 2.01. The molecule has 0 radical (unpaired) electrons. The van der Waals surface area contributed by atoms with E-state index in [1.54, 1.807) is 0 Å². The van der Waals surface area contributed by atoms with Crippen molar-refractivity contribution in [3.8, 4) is 0 Å². The van der Waals surface area contributed by atoms with E-state index in [0.717, 1.165) is 13.0 Å². The van der Waals surface area contributed by atoms with Gasteiger partial charge in [-0.25, -0.2) is 0 Å². The number of aliphatic hydroxyl groups excluding tert-OH is 1. The van der Waals surface area contributed by atoms with E-state index in [-0.39, 0.29) is 6.04 Å². The molecule has 0 bridgehead atoms. The van der Waals surface area contributed by atoms with E-state index in [4.69, 9.17) is 0 Å². The topological polar surface area (TPSA) is 35.5 Å². The first kappa shape index (κ1) is 16.0. The SMILES string of the molecule is CCC1CN([C@@H](c2ccccc2)[C@H](O)CNC)c2ccccc21. The maximum Gasteiger partial charge on any atom is 0.0909 e. The molecule has 1 unspecified atom stereocenters. The van der Waals surface area contributed by atoms with Crippen LogP contribution >= 0.6 is 0 Å². The van der Waals surface area contributed by atoms with Gasteiger partial charge in [0.1, 0.15) is 0 Å². The monoisotopic (exact) mass is 310 g/mol. The minimum Gasteiger partial charge on any atom is -0.389 e. The van der Waals surface area contributed by atoms with Gasteiger partial charge in [0.15, 0.2) is 0 Å². The van der Waals surface area contributed by atoms with Crippen LogP contribution in [0.25, 0.3) is 0 Å². The number of aliphatic hydroxyl groups is 1. The second-order valence-electron chi connectivity index (χ2n) is 6.30. The zero-order valence-electron chi connectivity index (χ0n) is 13.9. The third kappa shape index (κ3) is 3.12. The van der Waals surface area contributed by atoms with Crippen molar-refractivity contribution >= 4 is 5.69 Å². The molecule has 2 N–H and O–H groups in total. The molecular weight excluding hydrogens is 284 g/mol. The van der Waals surface area contributed by atoms with Gasteiger partial charge in [-0.1, -0.05) is 55.5 Å². The Hall–Kier alpha value is -1.84. The van der Waals surface area contributed by atoms with Gasteiger partial charge in [0, 0.05) is 24.7 Å². The van der Waals surface area contributed by atoms with Crippen molar-refractivity contribution in [3.63, 3.8) is 0 Å². The summed E-state index contributed by atoms with van der Waals surface area (Å²) >= 11 is 0. The molecule has 3 heteroatoms. The van der Waals surface area contributed by atoms with Gasteiger partial charge in [-0.2, -0.15) is 0 Å². The molecule has 0 fully saturated rings. The minimum atomic E-state index is -0.453. The van der Waals surface area contributed by atoms with E-state index in [2.05, 4.69) is 53.5 Å². The molecule has 0 amide bonds. The highest BCUT2D eigenvalue weighted by atomic mass is 16.3. The Bertz CT molecular complexity index is 629. The quantitative estimate of drug-likeness (QED) is 0.859. The fourth-order valence-corrected chi connectivity index (χ4v) is 3.72. The fourth-order valence-electron chi connectivity index (χ4n) is 3.72. The van der Waals surface area contributed by atoms with Crippen LogP contribution in [-0.4, -0.2) is 31.3 Å². The zero-order valence-corrected chi connectivity index (χ0v) is 13.9. The number of anilines is 1. The molecule has 0 spiro atoms. The second kappa shape index (κ2) is 7.16.